The molecular formula is C28H23BrN2O4S. The number of aryl methyl sites for hydroxylation is 1. The summed E-state index contributed by atoms with van der Waals surface area (Å²) < 4.78 is 7.22. The summed E-state index contributed by atoms with van der Waals surface area (Å²) in [5.41, 5.74) is 3.06. The van der Waals surface area contributed by atoms with Crippen molar-refractivity contribution in [2.75, 3.05) is 11.5 Å². The second kappa shape index (κ2) is 9.87. The fourth-order valence-electron chi connectivity index (χ4n) is 4.33. The number of carbonyl (C=O) groups excluding carboxylic acids is 2. The van der Waals surface area contributed by atoms with Gasteiger partial charge in [0, 0.05) is 10.0 Å². The lowest BCUT2D eigenvalue weighted by molar-refractivity contribution is -0.132. The summed E-state index contributed by atoms with van der Waals surface area (Å²) in [7, 11) is 0. The van der Waals surface area contributed by atoms with Crippen LogP contribution in [0.2, 0.25) is 0 Å². The van der Waals surface area contributed by atoms with Crippen LogP contribution in [-0.4, -0.2) is 28.4 Å². The smallest absolute Gasteiger partial charge is 0.301 e. The average molecular weight is 563 g/mol. The van der Waals surface area contributed by atoms with Gasteiger partial charge >= 0.3 is 5.91 Å². The van der Waals surface area contributed by atoms with Gasteiger partial charge in [-0.2, -0.15) is 0 Å². The van der Waals surface area contributed by atoms with Gasteiger partial charge in [-0.1, -0.05) is 52.4 Å². The third-order valence-electron chi connectivity index (χ3n) is 6.10. The van der Waals surface area contributed by atoms with Crippen LogP contribution < -0.4 is 9.64 Å². The van der Waals surface area contributed by atoms with Gasteiger partial charge in [0.1, 0.15) is 11.5 Å². The third-order valence-corrected chi connectivity index (χ3v) is 7.61. The number of aliphatic hydroxyl groups excluding tert-OH is 1. The lowest BCUT2D eigenvalue weighted by atomic mass is 9.95. The van der Waals surface area contributed by atoms with Crippen molar-refractivity contribution in [1.82, 2.24) is 4.98 Å². The van der Waals surface area contributed by atoms with Crippen LogP contribution in [0.1, 0.15) is 36.6 Å². The predicted molar refractivity (Wildman–Crippen MR) is 146 cm³/mol. The molecule has 182 valence electrons. The number of anilines is 1. The summed E-state index contributed by atoms with van der Waals surface area (Å²) in [4.78, 5) is 32.9. The Morgan fingerprint density at radius 2 is 1.86 bits per heavy atom. The number of nitrogens with zero attached hydrogens (tertiary/aromatic N) is 2. The molecule has 5 rings (SSSR count). The molecule has 1 aromatic heterocycles. The lowest BCUT2D eigenvalue weighted by Crippen LogP contribution is -2.29. The standard InChI is InChI=1S/C28H23BrN2O4S/c1-3-16-8-13-21-22(14-16)36-28(30-21)31-24(18-6-5-7-19(29)15-18)23(26(33)27(31)34)25(32)17-9-11-20(12-10-17)35-4-2/h5-15,24,32H,3-4H2,1-2H3. The highest BCUT2D eigenvalue weighted by Gasteiger charge is 2.48. The van der Waals surface area contributed by atoms with Crippen LogP contribution in [0.4, 0.5) is 5.13 Å². The van der Waals surface area contributed by atoms with Crippen LogP contribution in [0.3, 0.4) is 0 Å². The van der Waals surface area contributed by atoms with E-state index in [1.165, 1.54) is 21.8 Å². The first-order chi connectivity index (χ1) is 17.4. The summed E-state index contributed by atoms with van der Waals surface area (Å²) in [6, 6.07) is 19.3. The molecule has 6 nitrogen and oxygen atoms in total. The highest BCUT2D eigenvalue weighted by molar-refractivity contribution is 9.10. The highest BCUT2D eigenvalue weighted by atomic mass is 79.9. The minimum atomic E-state index is -0.833. The van der Waals surface area contributed by atoms with Gasteiger partial charge in [-0.25, -0.2) is 4.98 Å². The molecular weight excluding hydrogens is 540 g/mol. The van der Waals surface area contributed by atoms with E-state index in [0.29, 0.717) is 28.6 Å². The monoisotopic (exact) mass is 562 g/mol. The molecule has 0 radical (unpaired) electrons. The Kier molecular flexibility index (Phi) is 6.64. The fourth-order valence-corrected chi connectivity index (χ4v) is 5.81. The van der Waals surface area contributed by atoms with Crippen molar-refractivity contribution >= 4 is 60.1 Å². The zero-order chi connectivity index (χ0) is 25.4. The van der Waals surface area contributed by atoms with Crippen LogP contribution in [0.15, 0.2) is 76.8 Å². The molecule has 1 saturated heterocycles. The second-order valence-corrected chi connectivity index (χ2v) is 10.3. The first-order valence-corrected chi connectivity index (χ1v) is 13.2. The maximum absolute atomic E-state index is 13.4. The van der Waals surface area contributed by atoms with Crippen molar-refractivity contribution < 1.29 is 19.4 Å². The van der Waals surface area contributed by atoms with Gasteiger partial charge in [-0.3, -0.25) is 14.5 Å². The largest absolute Gasteiger partial charge is 0.507 e. The summed E-state index contributed by atoms with van der Waals surface area (Å²) in [5.74, 6) is -1.06. The molecule has 8 heteroatoms. The van der Waals surface area contributed by atoms with Crippen LogP contribution >= 0.6 is 27.3 Å². The normalized spacial score (nSPS) is 17.2. The molecule has 2 heterocycles. The first-order valence-electron chi connectivity index (χ1n) is 11.6. The molecule has 0 aliphatic carbocycles. The van der Waals surface area contributed by atoms with Crippen molar-refractivity contribution in [3.63, 3.8) is 0 Å². The SMILES string of the molecule is CCOc1ccc(C(O)=C2C(=O)C(=O)N(c3nc4ccc(CC)cc4s3)C2c2cccc(Br)c2)cc1. The highest BCUT2D eigenvalue weighted by Crippen LogP contribution is 2.44. The van der Waals surface area contributed by atoms with E-state index in [9.17, 15) is 14.7 Å². The van der Waals surface area contributed by atoms with E-state index in [-0.39, 0.29) is 11.3 Å². The molecule has 1 fully saturated rings. The number of aliphatic hydroxyl groups is 1. The number of ketones is 1. The summed E-state index contributed by atoms with van der Waals surface area (Å²) in [6.45, 7) is 4.48. The summed E-state index contributed by atoms with van der Waals surface area (Å²) >= 11 is 4.85. The molecule has 4 aromatic rings. The first kappa shape index (κ1) is 24.2. The van der Waals surface area contributed by atoms with Gasteiger partial charge in [0.15, 0.2) is 5.13 Å². The summed E-state index contributed by atoms with van der Waals surface area (Å²) in [6.07, 6.45) is 0.883. The molecule has 0 spiro atoms. The number of amides is 1. The summed E-state index contributed by atoms with van der Waals surface area (Å²) in [5, 5.41) is 11.7. The molecule has 1 atom stereocenters. The Bertz CT molecular complexity index is 1510. The van der Waals surface area contributed by atoms with Crippen LogP contribution in [-0.2, 0) is 16.0 Å². The zero-order valence-electron chi connectivity index (χ0n) is 19.7. The number of Topliss-reactive ketones (excluding diaryl/α,β-unsaturated/α-hetero) is 1. The number of hydrogen-bond acceptors (Lipinski definition) is 6. The number of benzene rings is 3. The number of ether oxygens (including phenoxy) is 1. The van der Waals surface area contributed by atoms with Crippen molar-refractivity contribution in [3.8, 4) is 5.75 Å². The molecule has 3 aromatic carbocycles. The van der Waals surface area contributed by atoms with Crippen molar-refractivity contribution in [1.29, 1.82) is 0 Å². The molecule has 1 aliphatic rings. The number of rotatable bonds is 6. The number of thiazole rings is 1. The van der Waals surface area contributed by atoms with E-state index >= 15 is 0 Å². The molecule has 0 bridgehead atoms. The van der Waals surface area contributed by atoms with Crippen molar-refractivity contribution in [2.24, 2.45) is 0 Å². The number of hydrogen-bond donors (Lipinski definition) is 1. The molecule has 1 amide bonds. The maximum Gasteiger partial charge on any atom is 0.301 e. The van der Waals surface area contributed by atoms with Crippen LogP contribution in [0.5, 0.6) is 5.75 Å². The fraction of sp³-hybridized carbons (Fsp3) is 0.179. The lowest BCUT2D eigenvalue weighted by Gasteiger charge is -2.23. The third kappa shape index (κ3) is 4.31. The van der Waals surface area contributed by atoms with E-state index in [0.717, 1.165) is 21.1 Å². The Labute approximate surface area is 221 Å². The van der Waals surface area contributed by atoms with Crippen LogP contribution in [0.25, 0.3) is 16.0 Å². The van der Waals surface area contributed by atoms with E-state index < -0.39 is 17.7 Å². The Morgan fingerprint density at radius 3 is 2.56 bits per heavy atom. The van der Waals surface area contributed by atoms with E-state index in [1.807, 2.05) is 43.3 Å². The van der Waals surface area contributed by atoms with Crippen LogP contribution in [0, 0.1) is 0 Å². The average Bonchev–Trinajstić information content (AvgIpc) is 3.42. The second-order valence-electron chi connectivity index (χ2n) is 8.33. The number of halogens is 1. The van der Waals surface area contributed by atoms with E-state index in [4.69, 9.17) is 9.72 Å². The molecule has 1 unspecified atom stereocenters. The van der Waals surface area contributed by atoms with Gasteiger partial charge in [-0.15, -0.1) is 0 Å². The molecule has 1 aliphatic heterocycles. The minimum absolute atomic E-state index is 0.0239. The minimum Gasteiger partial charge on any atom is -0.507 e. The quantitative estimate of drug-likeness (QED) is 0.162. The Morgan fingerprint density at radius 1 is 1.08 bits per heavy atom. The number of aromatic nitrogens is 1. The van der Waals surface area contributed by atoms with E-state index in [1.54, 1.807) is 24.3 Å². The zero-order valence-corrected chi connectivity index (χ0v) is 22.1. The van der Waals surface area contributed by atoms with Gasteiger partial charge in [-0.05, 0) is 73.0 Å². The number of fused-ring (bicyclic) bond motifs is 1. The van der Waals surface area contributed by atoms with Gasteiger partial charge in [0.25, 0.3) is 5.78 Å². The Hall–Kier alpha value is -3.49. The van der Waals surface area contributed by atoms with E-state index in [2.05, 4.69) is 28.9 Å². The van der Waals surface area contributed by atoms with Crippen molar-refractivity contribution in [2.45, 2.75) is 26.3 Å². The maximum atomic E-state index is 13.4. The van der Waals surface area contributed by atoms with Gasteiger partial charge in [0.05, 0.1) is 28.4 Å². The predicted octanol–water partition coefficient (Wildman–Crippen LogP) is 6.65. The molecule has 0 saturated carbocycles. The van der Waals surface area contributed by atoms with Gasteiger partial charge in [0.2, 0.25) is 0 Å². The van der Waals surface area contributed by atoms with Gasteiger partial charge < -0.3 is 9.84 Å². The molecule has 36 heavy (non-hydrogen) atoms. The number of carbonyl (C=O) groups is 2. The Balaban J connectivity index is 1.68. The molecule has 1 N–H and O–H groups in total. The van der Waals surface area contributed by atoms with Crippen molar-refractivity contribution in [3.05, 3.63) is 93.5 Å². The topological polar surface area (TPSA) is 79.7 Å².